The molecule has 0 saturated carbocycles. The third-order valence-electron chi connectivity index (χ3n) is 6.01. The summed E-state index contributed by atoms with van der Waals surface area (Å²) in [5, 5.41) is -0.263. The van der Waals surface area contributed by atoms with Crippen molar-refractivity contribution in [1.29, 1.82) is 0 Å². The number of halogens is 2. The number of benzene rings is 2. The summed E-state index contributed by atoms with van der Waals surface area (Å²) in [6, 6.07) is 9.42. The van der Waals surface area contributed by atoms with Gasteiger partial charge in [-0.15, -0.1) is 0 Å². The van der Waals surface area contributed by atoms with Crippen LogP contribution in [0, 0.1) is 11.6 Å². The number of piperazine rings is 1. The molecule has 0 unspecified atom stereocenters. The Morgan fingerprint density at radius 3 is 2.46 bits per heavy atom. The van der Waals surface area contributed by atoms with Crippen LogP contribution in [0.2, 0.25) is 0 Å². The van der Waals surface area contributed by atoms with Crippen LogP contribution >= 0.6 is 0 Å². The summed E-state index contributed by atoms with van der Waals surface area (Å²) in [5.41, 5.74) is -1.05. The molecule has 35 heavy (non-hydrogen) atoms. The second-order valence-electron chi connectivity index (χ2n) is 8.11. The van der Waals surface area contributed by atoms with E-state index in [2.05, 4.69) is 15.0 Å². The topological polar surface area (TPSA) is 104 Å². The van der Waals surface area contributed by atoms with E-state index in [4.69, 9.17) is 0 Å². The minimum atomic E-state index is -0.838. The van der Waals surface area contributed by atoms with E-state index in [1.807, 2.05) is 4.90 Å². The minimum absolute atomic E-state index is 0.0814. The second kappa shape index (κ2) is 9.09. The Balaban J connectivity index is 1.45. The van der Waals surface area contributed by atoms with Crippen LogP contribution < -0.4 is 16.1 Å². The highest BCUT2D eigenvalue weighted by atomic mass is 19.1. The molecule has 1 aliphatic rings. The van der Waals surface area contributed by atoms with Crippen molar-refractivity contribution in [2.75, 3.05) is 31.1 Å². The molecule has 0 bridgehead atoms. The Morgan fingerprint density at radius 1 is 0.971 bits per heavy atom. The summed E-state index contributed by atoms with van der Waals surface area (Å²) >= 11 is 0. The van der Waals surface area contributed by atoms with Gasteiger partial charge in [0.25, 0.3) is 11.5 Å². The molecule has 0 atom stereocenters. The molecule has 5 rings (SSSR count). The van der Waals surface area contributed by atoms with Gasteiger partial charge in [0.1, 0.15) is 11.6 Å². The normalized spacial score (nSPS) is 13.9. The van der Waals surface area contributed by atoms with Crippen molar-refractivity contribution in [2.45, 2.75) is 6.54 Å². The Labute approximate surface area is 197 Å². The van der Waals surface area contributed by atoms with Crippen molar-refractivity contribution >= 4 is 22.8 Å². The highest BCUT2D eigenvalue weighted by molar-refractivity contribution is 5.96. The number of carbonyl (C=O) groups is 1. The highest BCUT2D eigenvalue weighted by Gasteiger charge is 2.26. The molecule has 1 aliphatic heterocycles. The van der Waals surface area contributed by atoms with Crippen molar-refractivity contribution in [2.24, 2.45) is 0 Å². The van der Waals surface area contributed by atoms with Gasteiger partial charge in [0.2, 0.25) is 5.95 Å². The fourth-order valence-corrected chi connectivity index (χ4v) is 4.25. The fourth-order valence-electron chi connectivity index (χ4n) is 4.25. The maximum Gasteiger partial charge on any atom is 0.329 e. The lowest BCUT2D eigenvalue weighted by Gasteiger charge is -2.35. The zero-order chi connectivity index (χ0) is 24.5. The van der Waals surface area contributed by atoms with Gasteiger partial charge in [-0.2, -0.15) is 0 Å². The van der Waals surface area contributed by atoms with Crippen LogP contribution in [0.25, 0.3) is 10.9 Å². The van der Waals surface area contributed by atoms with Gasteiger partial charge in [0.15, 0.2) is 0 Å². The van der Waals surface area contributed by atoms with E-state index in [1.54, 1.807) is 23.4 Å². The van der Waals surface area contributed by atoms with E-state index in [1.165, 1.54) is 24.3 Å². The first-order valence-corrected chi connectivity index (χ1v) is 10.9. The van der Waals surface area contributed by atoms with E-state index in [9.17, 15) is 23.2 Å². The van der Waals surface area contributed by atoms with Crippen LogP contribution in [0.3, 0.4) is 0 Å². The summed E-state index contributed by atoms with van der Waals surface area (Å²) in [4.78, 5) is 52.2. The zero-order valence-corrected chi connectivity index (χ0v) is 18.4. The van der Waals surface area contributed by atoms with Gasteiger partial charge >= 0.3 is 5.69 Å². The third-order valence-corrected chi connectivity index (χ3v) is 6.01. The zero-order valence-electron chi connectivity index (χ0n) is 18.4. The molecule has 0 aliphatic carbocycles. The molecule has 1 amide bonds. The smallest absolute Gasteiger partial charge is 0.329 e. The Kier molecular flexibility index (Phi) is 5.81. The van der Waals surface area contributed by atoms with Gasteiger partial charge in [-0.1, -0.05) is 12.1 Å². The van der Waals surface area contributed by atoms with Gasteiger partial charge < -0.3 is 9.80 Å². The summed E-state index contributed by atoms with van der Waals surface area (Å²) < 4.78 is 29.6. The number of aromatic nitrogens is 4. The molecule has 1 fully saturated rings. The quantitative estimate of drug-likeness (QED) is 0.480. The number of nitrogens with zero attached hydrogens (tertiary/aromatic N) is 5. The van der Waals surface area contributed by atoms with Crippen molar-refractivity contribution in [1.82, 2.24) is 24.4 Å². The first-order chi connectivity index (χ1) is 16.9. The summed E-state index contributed by atoms with van der Waals surface area (Å²) in [6.07, 6.45) is 3.29. The standard InChI is InChI=1S/C24H20F2N6O3/c25-16-6-5-15(14-32-19-4-1-3-18(26)20(19)21(33)29-24(32)35)17(13-16)22(34)30-9-11-31(12-10-30)23-27-7-2-8-28-23/h1-8,13H,9-12,14H2,(H,29,33,35). The molecule has 11 heteroatoms. The lowest BCUT2D eigenvalue weighted by molar-refractivity contribution is 0.0744. The summed E-state index contributed by atoms with van der Waals surface area (Å²) in [7, 11) is 0. The molecule has 1 saturated heterocycles. The number of hydrogen-bond acceptors (Lipinski definition) is 6. The SMILES string of the molecule is O=C(c1cc(F)ccc1Cn1c(=O)[nH]c(=O)c2c(F)cccc21)N1CCN(c2ncccn2)CC1. The number of carbonyl (C=O) groups excluding carboxylic acids is 1. The molecule has 0 spiro atoms. The van der Waals surface area contributed by atoms with E-state index in [-0.39, 0.29) is 28.9 Å². The maximum absolute atomic E-state index is 14.3. The van der Waals surface area contributed by atoms with Crippen LogP contribution in [0.1, 0.15) is 15.9 Å². The van der Waals surface area contributed by atoms with E-state index in [0.29, 0.717) is 37.7 Å². The predicted molar refractivity (Wildman–Crippen MR) is 124 cm³/mol. The lowest BCUT2D eigenvalue weighted by Crippen LogP contribution is -2.49. The molecule has 3 heterocycles. The highest BCUT2D eigenvalue weighted by Crippen LogP contribution is 2.20. The van der Waals surface area contributed by atoms with Crippen molar-refractivity contribution < 1.29 is 13.6 Å². The molecular formula is C24H20F2N6O3. The Bertz CT molecular complexity index is 1530. The van der Waals surface area contributed by atoms with Crippen molar-refractivity contribution in [3.05, 3.63) is 98.5 Å². The Hall–Kier alpha value is -4.41. The number of H-pyrrole nitrogens is 1. The van der Waals surface area contributed by atoms with Crippen LogP contribution in [0.15, 0.2) is 64.4 Å². The number of hydrogen-bond donors (Lipinski definition) is 1. The predicted octanol–water partition coefficient (Wildman–Crippen LogP) is 1.77. The number of fused-ring (bicyclic) bond motifs is 1. The van der Waals surface area contributed by atoms with Gasteiger partial charge in [-0.25, -0.2) is 23.5 Å². The number of anilines is 1. The molecule has 4 aromatic rings. The van der Waals surface area contributed by atoms with Crippen LogP contribution in [0.5, 0.6) is 0 Å². The van der Waals surface area contributed by atoms with Gasteiger partial charge in [-0.3, -0.25) is 19.1 Å². The number of aromatic amines is 1. The monoisotopic (exact) mass is 478 g/mol. The van der Waals surface area contributed by atoms with Gasteiger partial charge in [-0.05, 0) is 35.9 Å². The first-order valence-electron chi connectivity index (χ1n) is 10.9. The van der Waals surface area contributed by atoms with Crippen LogP contribution in [-0.2, 0) is 6.54 Å². The first kappa shape index (κ1) is 22.4. The lowest BCUT2D eigenvalue weighted by atomic mass is 10.0. The number of rotatable bonds is 4. The molecule has 9 nitrogen and oxygen atoms in total. The summed E-state index contributed by atoms with van der Waals surface area (Å²) in [6.45, 7) is 1.60. The van der Waals surface area contributed by atoms with Crippen LogP contribution in [0.4, 0.5) is 14.7 Å². The number of amides is 1. The van der Waals surface area contributed by atoms with E-state index in [0.717, 1.165) is 16.7 Å². The molecule has 1 N–H and O–H groups in total. The van der Waals surface area contributed by atoms with Gasteiger partial charge in [0.05, 0.1) is 17.4 Å². The average molecular weight is 478 g/mol. The molecule has 178 valence electrons. The molecular weight excluding hydrogens is 458 g/mol. The van der Waals surface area contributed by atoms with Crippen molar-refractivity contribution in [3.63, 3.8) is 0 Å². The third kappa shape index (κ3) is 4.27. The average Bonchev–Trinajstić information content (AvgIpc) is 2.87. The summed E-state index contributed by atoms with van der Waals surface area (Å²) in [5.74, 6) is -1.19. The fraction of sp³-hybridized carbons (Fsp3) is 0.208. The molecule has 0 radical (unpaired) electrons. The maximum atomic E-state index is 14.3. The van der Waals surface area contributed by atoms with E-state index >= 15 is 0 Å². The van der Waals surface area contributed by atoms with Crippen LogP contribution in [-0.4, -0.2) is 56.5 Å². The van der Waals surface area contributed by atoms with Gasteiger partial charge in [0, 0.05) is 44.1 Å². The molecule has 2 aromatic heterocycles. The largest absolute Gasteiger partial charge is 0.337 e. The Morgan fingerprint density at radius 2 is 1.71 bits per heavy atom. The minimum Gasteiger partial charge on any atom is -0.337 e. The van der Waals surface area contributed by atoms with Crippen molar-refractivity contribution in [3.8, 4) is 0 Å². The van der Waals surface area contributed by atoms with E-state index < -0.39 is 22.9 Å². The second-order valence-corrected chi connectivity index (χ2v) is 8.11. The molecule has 2 aromatic carbocycles. The number of nitrogens with one attached hydrogen (secondary N) is 1.